The third-order valence-electron chi connectivity index (χ3n) is 5.22. The first-order chi connectivity index (χ1) is 13.1. The molecule has 28 heavy (non-hydrogen) atoms. The standard InChI is InChI=1S/C24H29N3O/c1-16-11-17(2)13-20(12-16)19-7-9-21(10-8-19)27-15-25-14-22(27)23(28)26-18(3)24(4,5)6/h7-15,18H,1-6H3,(H,26,28). The van der Waals surface area contributed by atoms with Crippen molar-refractivity contribution in [1.82, 2.24) is 14.9 Å². The summed E-state index contributed by atoms with van der Waals surface area (Å²) in [5.74, 6) is -0.113. The van der Waals surface area contributed by atoms with Crippen molar-refractivity contribution in [2.45, 2.75) is 47.6 Å². The van der Waals surface area contributed by atoms with Gasteiger partial charge in [0.1, 0.15) is 5.69 Å². The smallest absolute Gasteiger partial charge is 0.270 e. The third kappa shape index (κ3) is 4.33. The molecule has 1 heterocycles. The maximum atomic E-state index is 12.7. The fourth-order valence-corrected chi connectivity index (χ4v) is 3.11. The molecule has 3 aromatic rings. The van der Waals surface area contributed by atoms with Gasteiger partial charge in [0.2, 0.25) is 0 Å². The highest BCUT2D eigenvalue weighted by atomic mass is 16.2. The number of benzene rings is 2. The second-order valence-corrected chi connectivity index (χ2v) is 8.63. The first-order valence-electron chi connectivity index (χ1n) is 9.67. The average molecular weight is 376 g/mol. The molecule has 3 rings (SSSR count). The number of aromatic nitrogens is 2. The molecule has 0 saturated heterocycles. The summed E-state index contributed by atoms with van der Waals surface area (Å²) in [6, 6.07) is 14.8. The van der Waals surface area contributed by atoms with Gasteiger partial charge in [-0.25, -0.2) is 4.98 Å². The summed E-state index contributed by atoms with van der Waals surface area (Å²) >= 11 is 0. The van der Waals surface area contributed by atoms with Gasteiger partial charge in [-0.1, -0.05) is 62.2 Å². The summed E-state index contributed by atoms with van der Waals surface area (Å²) in [5.41, 5.74) is 6.30. The molecule has 0 radical (unpaired) electrons. The van der Waals surface area contributed by atoms with E-state index < -0.39 is 0 Å². The van der Waals surface area contributed by atoms with Crippen LogP contribution in [0.4, 0.5) is 0 Å². The van der Waals surface area contributed by atoms with Crippen LogP contribution in [0, 0.1) is 19.3 Å². The van der Waals surface area contributed by atoms with Gasteiger partial charge >= 0.3 is 0 Å². The van der Waals surface area contributed by atoms with Crippen LogP contribution < -0.4 is 5.32 Å². The maximum Gasteiger partial charge on any atom is 0.270 e. The van der Waals surface area contributed by atoms with Crippen LogP contribution in [-0.4, -0.2) is 21.5 Å². The van der Waals surface area contributed by atoms with Gasteiger partial charge in [0.25, 0.3) is 5.91 Å². The van der Waals surface area contributed by atoms with Crippen molar-refractivity contribution in [3.05, 3.63) is 71.8 Å². The highest BCUT2D eigenvalue weighted by molar-refractivity contribution is 5.93. The molecule has 1 unspecified atom stereocenters. The molecule has 1 N–H and O–H groups in total. The van der Waals surface area contributed by atoms with Crippen LogP contribution in [0.25, 0.3) is 16.8 Å². The summed E-state index contributed by atoms with van der Waals surface area (Å²) in [6.45, 7) is 12.6. The van der Waals surface area contributed by atoms with Crippen molar-refractivity contribution in [3.63, 3.8) is 0 Å². The molecule has 1 aromatic heterocycles. The highest BCUT2D eigenvalue weighted by Gasteiger charge is 2.23. The van der Waals surface area contributed by atoms with Crippen molar-refractivity contribution < 1.29 is 4.79 Å². The first kappa shape index (κ1) is 19.9. The second kappa shape index (κ2) is 7.63. The van der Waals surface area contributed by atoms with Crippen molar-refractivity contribution in [3.8, 4) is 16.8 Å². The summed E-state index contributed by atoms with van der Waals surface area (Å²) in [5, 5.41) is 3.08. The summed E-state index contributed by atoms with van der Waals surface area (Å²) in [4.78, 5) is 16.9. The molecule has 0 aliphatic rings. The number of rotatable bonds is 4. The minimum absolute atomic E-state index is 0.00585. The van der Waals surface area contributed by atoms with Crippen LogP contribution in [-0.2, 0) is 0 Å². The normalized spacial score (nSPS) is 12.6. The van der Waals surface area contributed by atoms with Crippen LogP contribution in [0.5, 0.6) is 0 Å². The van der Waals surface area contributed by atoms with E-state index in [-0.39, 0.29) is 17.4 Å². The predicted octanol–water partition coefficient (Wildman–Crippen LogP) is 5.32. The number of carbonyl (C=O) groups excluding carboxylic acids is 1. The monoisotopic (exact) mass is 375 g/mol. The van der Waals surface area contributed by atoms with E-state index >= 15 is 0 Å². The van der Waals surface area contributed by atoms with Crippen LogP contribution >= 0.6 is 0 Å². The zero-order chi connectivity index (χ0) is 20.5. The highest BCUT2D eigenvalue weighted by Crippen LogP contribution is 2.24. The van der Waals surface area contributed by atoms with Gasteiger partial charge in [-0.15, -0.1) is 0 Å². The lowest BCUT2D eigenvalue weighted by atomic mass is 9.88. The lowest BCUT2D eigenvalue weighted by Crippen LogP contribution is -2.41. The molecule has 0 spiro atoms. The molecule has 0 aliphatic heterocycles. The molecule has 1 amide bonds. The minimum Gasteiger partial charge on any atom is -0.348 e. The van der Waals surface area contributed by atoms with E-state index in [0.29, 0.717) is 5.69 Å². The Balaban J connectivity index is 1.86. The Kier molecular flexibility index (Phi) is 5.41. The fraction of sp³-hybridized carbons (Fsp3) is 0.333. The van der Waals surface area contributed by atoms with Gasteiger partial charge in [0.05, 0.1) is 12.5 Å². The van der Waals surface area contributed by atoms with E-state index in [1.165, 1.54) is 16.7 Å². The van der Waals surface area contributed by atoms with Gasteiger partial charge in [0, 0.05) is 11.7 Å². The van der Waals surface area contributed by atoms with Crippen LogP contribution in [0.1, 0.15) is 49.3 Å². The second-order valence-electron chi connectivity index (χ2n) is 8.63. The Morgan fingerprint density at radius 3 is 2.18 bits per heavy atom. The van der Waals surface area contributed by atoms with Crippen LogP contribution in [0.3, 0.4) is 0 Å². The van der Waals surface area contributed by atoms with Crippen LogP contribution in [0.15, 0.2) is 55.0 Å². The van der Waals surface area contributed by atoms with E-state index in [4.69, 9.17) is 0 Å². The number of nitrogens with zero attached hydrogens (tertiary/aromatic N) is 2. The molecule has 0 saturated carbocycles. The Hall–Kier alpha value is -2.88. The molecule has 4 nitrogen and oxygen atoms in total. The lowest BCUT2D eigenvalue weighted by Gasteiger charge is -2.28. The number of nitrogens with one attached hydrogen (secondary N) is 1. The molecule has 0 bridgehead atoms. The van der Waals surface area contributed by atoms with Crippen molar-refractivity contribution >= 4 is 5.91 Å². The quantitative estimate of drug-likeness (QED) is 0.671. The number of aryl methyl sites for hydroxylation is 2. The average Bonchev–Trinajstić information content (AvgIpc) is 3.10. The molecule has 4 heteroatoms. The van der Waals surface area contributed by atoms with Gasteiger partial charge < -0.3 is 5.32 Å². The SMILES string of the molecule is Cc1cc(C)cc(-c2ccc(-n3cncc3C(=O)NC(C)C(C)(C)C)cc2)c1. The Morgan fingerprint density at radius 1 is 1.00 bits per heavy atom. The first-order valence-corrected chi connectivity index (χ1v) is 9.67. The van der Waals surface area contributed by atoms with E-state index in [0.717, 1.165) is 11.3 Å². The number of amides is 1. The molecular weight excluding hydrogens is 346 g/mol. The molecule has 0 fully saturated rings. The van der Waals surface area contributed by atoms with Gasteiger partial charge in [-0.2, -0.15) is 0 Å². The van der Waals surface area contributed by atoms with Crippen molar-refractivity contribution in [2.75, 3.05) is 0 Å². The maximum absolute atomic E-state index is 12.7. The molecule has 2 aromatic carbocycles. The van der Waals surface area contributed by atoms with Gasteiger partial charge in [0.15, 0.2) is 0 Å². The molecular formula is C24H29N3O. The summed E-state index contributed by atoms with van der Waals surface area (Å²) < 4.78 is 1.83. The topological polar surface area (TPSA) is 46.9 Å². The Labute approximate surface area is 167 Å². The van der Waals surface area contributed by atoms with E-state index in [1.807, 2.05) is 23.6 Å². The Bertz CT molecular complexity index is 958. The van der Waals surface area contributed by atoms with Gasteiger partial charge in [-0.05, 0) is 49.4 Å². The minimum atomic E-state index is -0.113. The third-order valence-corrected chi connectivity index (χ3v) is 5.22. The summed E-state index contributed by atoms with van der Waals surface area (Å²) in [6.07, 6.45) is 3.30. The van der Waals surface area contributed by atoms with E-state index in [2.05, 4.69) is 75.3 Å². The van der Waals surface area contributed by atoms with Gasteiger partial charge in [-0.3, -0.25) is 9.36 Å². The van der Waals surface area contributed by atoms with Crippen molar-refractivity contribution in [1.29, 1.82) is 0 Å². The predicted molar refractivity (Wildman–Crippen MR) is 115 cm³/mol. The lowest BCUT2D eigenvalue weighted by molar-refractivity contribution is 0.0903. The number of carbonyl (C=O) groups is 1. The molecule has 1 atom stereocenters. The van der Waals surface area contributed by atoms with Crippen LogP contribution in [0.2, 0.25) is 0 Å². The Morgan fingerprint density at radius 2 is 1.61 bits per heavy atom. The van der Waals surface area contributed by atoms with Crippen molar-refractivity contribution in [2.24, 2.45) is 5.41 Å². The number of hydrogen-bond acceptors (Lipinski definition) is 2. The number of imidazole rings is 1. The molecule has 0 aliphatic carbocycles. The molecule has 146 valence electrons. The fourth-order valence-electron chi connectivity index (χ4n) is 3.11. The summed E-state index contributed by atoms with van der Waals surface area (Å²) in [7, 11) is 0. The largest absolute Gasteiger partial charge is 0.348 e. The zero-order valence-corrected chi connectivity index (χ0v) is 17.6. The number of hydrogen-bond donors (Lipinski definition) is 1. The zero-order valence-electron chi connectivity index (χ0n) is 17.6. The van der Waals surface area contributed by atoms with E-state index in [9.17, 15) is 4.79 Å². The van der Waals surface area contributed by atoms with E-state index in [1.54, 1.807) is 12.5 Å².